The highest BCUT2D eigenvalue weighted by Gasteiger charge is 2.24. The summed E-state index contributed by atoms with van der Waals surface area (Å²) in [6.07, 6.45) is 4.98. The van der Waals surface area contributed by atoms with E-state index in [1.165, 1.54) is 12.4 Å². The highest BCUT2D eigenvalue weighted by atomic mass is 19.1. The second-order valence-electron chi connectivity index (χ2n) is 6.20. The minimum absolute atomic E-state index is 0.0280. The van der Waals surface area contributed by atoms with Crippen molar-refractivity contribution in [2.45, 2.75) is 19.0 Å². The van der Waals surface area contributed by atoms with Crippen LogP contribution in [0.5, 0.6) is 0 Å². The molecular formula is C16H16F2N8O. The van der Waals surface area contributed by atoms with Crippen LogP contribution in [0.25, 0.3) is 5.65 Å². The van der Waals surface area contributed by atoms with Crippen LogP contribution in [0.2, 0.25) is 0 Å². The number of amides is 1. The topological polar surface area (TPSA) is 114 Å². The third kappa shape index (κ3) is 3.23. The molecule has 4 heterocycles. The van der Waals surface area contributed by atoms with Gasteiger partial charge in [0.2, 0.25) is 0 Å². The van der Waals surface area contributed by atoms with Crippen LogP contribution in [-0.2, 0) is 0 Å². The predicted molar refractivity (Wildman–Crippen MR) is 93.7 cm³/mol. The molecule has 1 saturated heterocycles. The fourth-order valence-corrected chi connectivity index (χ4v) is 3.08. The zero-order valence-corrected chi connectivity index (χ0v) is 14.1. The molecule has 3 N–H and O–H groups in total. The lowest BCUT2D eigenvalue weighted by Gasteiger charge is -2.31. The molecule has 0 bridgehead atoms. The molecule has 9 nitrogen and oxygen atoms in total. The molecule has 0 saturated carbocycles. The normalized spacial score (nSPS) is 15.3. The van der Waals surface area contributed by atoms with Gasteiger partial charge in [0.05, 0.1) is 36.2 Å². The fraction of sp³-hybridized carbons (Fsp3) is 0.312. The Morgan fingerprint density at radius 2 is 1.96 bits per heavy atom. The molecule has 4 rings (SSSR count). The van der Waals surface area contributed by atoms with Crippen molar-refractivity contribution in [1.29, 1.82) is 0 Å². The smallest absolute Gasteiger partial charge is 0.263 e. The fourth-order valence-electron chi connectivity index (χ4n) is 3.08. The van der Waals surface area contributed by atoms with Crippen molar-refractivity contribution in [1.82, 2.24) is 24.8 Å². The van der Waals surface area contributed by atoms with Crippen LogP contribution in [0.4, 0.5) is 26.0 Å². The molecule has 1 fully saturated rings. The number of halogens is 2. The molecule has 11 heteroatoms. The van der Waals surface area contributed by atoms with E-state index in [0.717, 1.165) is 16.9 Å². The van der Waals surface area contributed by atoms with Gasteiger partial charge in [0, 0.05) is 13.1 Å². The second kappa shape index (κ2) is 6.74. The van der Waals surface area contributed by atoms with Gasteiger partial charge in [0.25, 0.3) is 5.91 Å². The largest absolute Gasteiger partial charge is 0.381 e. The molecule has 140 valence electrons. The number of anilines is 3. The van der Waals surface area contributed by atoms with E-state index >= 15 is 0 Å². The summed E-state index contributed by atoms with van der Waals surface area (Å²) in [7, 11) is 0. The van der Waals surface area contributed by atoms with E-state index in [0.29, 0.717) is 37.3 Å². The van der Waals surface area contributed by atoms with Gasteiger partial charge in [-0.05, 0) is 12.8 Å². The van der Waals surface area contributed by atoms with Crippen molar-refractivity contribution in [2.75, 3.05) is 29.0 Å². The summed E-state index contributed by atoms with van der Waals surface area (Å²) in [5.41, 5.74) is 7.03. The van der Waals surface area contributed by atoms with Gasteiger partial charge in [-0.25, -0.2) is 18.3 Å². The van der Waals surface area contributed by atoms with E-state index < -0.39 is 17.9 Å². The maximum absolute atomic E-state index is 13.4. The van der Waals surface area contributed by atoms with Gasteiger partial charge in [0.15, 0.2) is 17.3 Å². The van der Waals surface area contributed by atoms with E-state index in [1.54, 1.807) is 0 Å². The number of hydrogen-bond donors (Lipinski definition) is 2. The van der Waals surface area contributed by atoms with Gasteiger partial charge in [-0.1, -0.05) is 0 Å². The average molecular weight is 374 g/mol. The Balaban J connectivity index is 1.64. The van der Waals surface area contributed by atoms with Crippen molar-refractivity contribution in [3.63, 3.8) is 0 Å². The first kappa shape index (κ1) is 17.1. The van der Waals surface area contributed by atoms with Gasteiger partial charge in [-0.2, -0.15) is 10.2 Å². The number of rotatable bonds is 3. The summed E-state index contributed by atoms with van der Waals surface area (Å²) in [5.74, 6) is -1.24. The number of aromatic nitrogens is 5. The van der Waals surface area contributed by atoms with Crippen LogP contribution in [0, 0.1) is 5.82 Å². The van der Waals surface area contributed by atoms with E-state index in [2.05, 4.69) is 25.6 Å². The minimum Gasteiger partial charge on any atom is -0.381 e. The first-order valence-electron chi connectivity index (χ1n) is 8.33. The molecule has 0 aliphatic carbocycles. The maximum atomic E-state index is 13.4. The standard InChI is InChI=1S/C16H16F2N8O/c17-9-1-3-25(4-2-9)12-7-22-21-6-11(12)23-16(27)13-14(19)24-26-8-10(18)5-20-15(13)26/h5-9H,1-4H2,(H2,19,24)(H,22,23,27). The molecule has 1 aliphatic rings. The Morgan fingerprint density at radius 1 is 1.22 bits per heavy atom. The quantitative estimate of drug-likeness (QED) is 0.713. The molecule has 1 aliphatic heterocycles. The second-order valence-corrected chi connectivity index (χ2v) is 6.20. The third-order valence-corrected chi connectivity index (χ3v) is 4.42. The SMILES string of the molecule is Nc1nn2cc(F)cnc2c1C(=O)Nc1cnncc1N1CCC(F)CC1. The van der Waals surface area contributed by atoms with Crippen LogP contribution in [0.15, 0.2) is 24.8 Å². The van der Waals surface area contributed by atoms with Crippen molar-refractivity contribution >= 4 is 28.7 Å². The lowest BCUT2D eigenvalue weighted by molar-refractivity contribution is 0.102. The Morgan fingerprint density at radius 3 is 2.74 bits per heavy atom. The van der Waals surface area contributed by atoms with Gasteiger partial charge < -0.3 is 16.0 Å². The zero-order valence-electron chi connectivity index (χ0n) is 14.1. The molecular weight excluding hydrogens is 358 g/mol. The number of piperidine rings is 1. The van der Waals surface area contributed by atoms with Crippen LogP contribution in [0.3, 0.4) is 0 Å². The van der Waals surface area contributed by atoms with Crippen molar-refractivity contribution < 1.29 is 13.6 Å². The number of carbonyl (C=O) groups is 1. The number of nitrogens with two attached hydrogens (primary N) is 1. The van der Waals surface area contributed by atoms with Crippen LogP contribution in [-0.4, -0.2) is 50.0 Å². The predicted octanol–water partition coefficient (Wildman–Crippen LogP) is 1.43. The number of nitrogens with zero attached hydrogens (tertiary/aromatic N) is 6. The molecule has 0 aromatic carbocycles. The Hall–Kier alpha value is -3.37. The van der Waals surface area contributed by atoms with Crippen LogP contribution < -0.4 is 16.0 Å². The summed E-state index contributed by atoms with van der Waals surface area (Å²) < 4.78 is 27.8. The average Bonchev–Trinajstić information content (AvgIpc) is 2.98. The Kier molecular flexibility index (Phi) is 4.26. The van der Waals surface area contributed by atoms with Crippen LogP contribution in [0.1, 0.15) is 23.2 Å². The van der Waals surface area contributed by atoms with Crippen LogP contribution >= 0.6 is 0 Å². The van der Waals surface area contributed by atoms with Crippen molar-refractivity contribution in [3.05, 3.63) is 36.2 Å². The first-order valence-corrected chi connectivity index (χ1v) is 8.33. The molecule has 27 heavy (non-hydrogen) atoms. The summed E-state index contributed by atoms with van der Waals surface area (Å²) >= 11 is 0. The molecule has 0 unspecified atom stereocenters. The number of fused-ring (bicyclic) bond motifs is 1. The lowest BCUT2D eigenvalue weighted by Crippen LogP contribution is -2.35. The van der Waals surface area contributed by atoms with Gasteiger partial charge in [-0.15, -0.1) is 5.10 Å². The van der Waals surface area contributed by atoms with E-state index in [4.69, 9.17) is 5.73 Å². The lowest BCUT2D eigenvalue weighted by atomic mass is 10.1. The molecule has 0 radical (unpaired) electrons. The van der Waals surface area contributed by atoms with E-state index in [-0.39, 0.29) is 17.0 Å². The summed E-state index contributed by atoms with van der Waals surface area (Å²) in [6.45, 7) is 1.02. The van der Waals surface area contributed by atoms with Gasteiger partial charge in [0.1, 0.15) is 11.7 Å². The summed E-state index contributed by atoms with van der Waals surface area (Å²) in [5, 5.41) is 14.3. The third-order valence-electron chi connectivity index (χ3n) is 4.42. The molecule has 3 aromatic heterocycles. The number of nitrogens with one attached hydrogen (secondary N) is 1. The highest BCUT2D eigenvalue weighted by Crippen LogP contribution is 2.28. The zero-order chi connectivity index (χ0) is 19.0. The number of hydrogen-bond acceptors (Lipinski definition) is 7. The van der Waals surface area contributed by atoms with Crippen molar-refractivity contribution in [3.8, 4) is 0 Å². The summed E-state index contributed by atoms with van der Waals surface area (Å²) in [4.78, 5) is 18.6. The molecule has 0 spiro atoms. The highest BCUT2D eigenvalue weighted by molar-refractivity contribution is 6.12. The van der Waals surface area contributed by atoms with Gasteiger partial charge >= 0.3 is 0 Å². The maximum Gasteiger partial charge on any atom is 0.263 e. The number of nitrogen functional groups attached to an aromatic ring is 1. The monoisotopic (exact) mass is 374 g/mol. The van der Waals surface area contributed by atoms with E-state index in [9.17, 15) is 13.6 Å². The Bertz CT molecular complexity index is 999. The minimum atomic E-state index is -0.820. The first-order chi connectivity index (χ1) is 13.0. The number of alkyl halides is 1. The Labute approximate surface area is 152 Å². The summed E-state index contributed by atoms with van der Waals surface area (Å²) in [6, 6.07) is 0. The van der Waals surface area contributed by atoms with Crippen molar-refractivity contribution in [2.24, 2.45) is 0 Å². The number of carbonyl (C=O) groups excluding carboxylic acids is 1. The molecule has 1 amide bonds. The molecule has 0 atom stereocenters. The van der Waals surface area contributed by atoms with E-state index in [1.807, 2.05) is 4.90 Å². The van der Waals surface area contributed by atoms with Gasteiger partial charge in [-0.3, -0.25) is 4.79 Å². The molecule has 3 aromatic rings.